The molecule has 4 aliphatic rings. The van der Waals surface area contributed by atoms with Crippen molar-refractivity contribution in [2.45, 2.75) is 275 Å². The van der Waals surface area contributed by atoms with E-state index >= 15 is 0 Å². The molecule has 2 heterocycles. The number of benzene rings is 14. The van der Waals surface area contributed by atoms with Crippen LogP contribution in [-0.4, -0.2) is 6.71 Å². The van der Waals surface area contributed by atoms with Crippen molar-refractivity contribution in [2.24, 2.45) is 0 Å². The van der Waals surface area contributed by atoms with Gasteiger partial charge in [-0.2, -0.15) is 0 Å². The number of rotatable bonds is 14. The lowest BCUT2D eigenvalue weighted by atomic mass is 9.33. The minimum Gasteiger partial charge on any atom is -0.311 e. The van der Waals surface area contributed by atoms with Crippen LogP contribution in [0.15, 0.2) is 285 Å². The molecule has 668 valence electrons. The van der Waals surface area contributed by atoms with E-state index < -0.39 is 0 Å². The lowest BCUT2D eigenvalue weighted by molar-refractivity contribution is 0.521. The second-order valence-corrected chi connectivity index (χ2v) is 46.1. The standard InChI is InChI=1S/C63H69BN2.C63H72N2/c1-38(2)42-19-18-20-46(33-42)65-55-34-43(39(3)4)25-29-52(55)64-53-36-50-51(63(14,15)49-22-17-16-21-48(49)62(50,12)13)37-56(53)66(58-32-40(5)31-57(65)59(58)64)54-30-28-45(61(9,10)11)35-47(54)41-23-26-44(27-24-41)60(6,7)8;1-41(2)45-20-18-22-49(36-45)64(50-23-19-21-46(37-50)42(3)4)52-34-43(5)35-53(39-52)65(51-31-32-57-58(40-51)63(14,15)56-25-17-16-24-55(56)62(57,12)13)59-33-30-48(61(9,10)11)38-54(59)44-26-28-47(29-27-44)60(6,7)8/h16-39H,1-15H3;16-42H,1-15H3. The van der Waals surface area contributed by atoms with Crippen LogP contribution in [-0.2, 0) is 43.3 Å². The van der Waals surface area contributed by atoms with Crippen molar-refractivity contribution in [2.75, 3.05) is 19.6 Å². The van der Waals surface area contributed by atoms with Gasteiger partial charge in [-0.1, -0.05) is 364 Å². The summed E-state index contributed by atoms with van der Waals surface area (Å²) in [7, 11) is 0. The van der Waals surface area contributed by atoms with Crippen LogP contribution >= 0.6 is 0 Å². The van der Waals surface area contributed by atoms with Gasteiger partial charge in [0.1, 0.15) is 0 Å². The summed E-state index contributed by atoms with van der Waals surface area (Å²) in [5.74, 6) is 1.61. The van der Waals surface area contributed by atoms with Gasteiger partial charge in [-0.3, -0.25) is 0 Å². The Kier molecular flexibility index (Phi) is 23.2. The predicted octanol–water partition coefficient (Wildman–Crippen LogP) is 34.0. The van der Waals surface area contributed by atoms with Gasteiger partial charge in [0, 0.05) is 89.7 Å². The SMILES string of the molecule is Cc1cc(N(c2cccc(C(C)C)c2)c2cccc(C(C)C)c2)cc(N(c2ccc3c(c2)C(C)(C)c2ccccc2C3(C)C)c2ccc(C(C)(C)C)cc2-c2ccc(C(C)(C)C)cc2)c1.Cc1cc2c3c(c1)N(c1ccc(C(C)(C)C)cc1-c1ccc(C(C)(C)C)cc1)c1cc4c(cc1B3c1ccc(C(C)C)cc1N2c1cccc(C(C)C)c1)C(C)(C)c1ccccc1C4(C)C. The fraction of sp³-hybridized carbons (Fsp3) is 0.333. The van der Waals surface area contributed by atoms with Gasteiger partial charge < -0.3 is 19.6 Å². The Morgan fingerprint density at radius 2 is 0.649 bits per heavy atom. The van der Waals surface area contributed by atoms with Crippen LogP contribution in [0.2, 0.25) is 0 Å². The highest BCUT2D eigenvalue weighted by Gasteiger charge is 2.50. The van der Waals surface area contributed by atoms with E-state index in [1.54, 1.807) is 0 Å². The summed E-state index contributed by atoms with van der Waals surface area (Å²) in [5, 5.41) is 0. The molecule has 0 saturated heterocycles. The van der Waals surface area contributed by atoms with E-state index in [2.05, 4.69) is 512 Å². The van der Waals surface area contributed by atoms with Crippen LogP contribution < -0.4 is 36.0 Å². The second-order valence-electron chi connectivity index (χ2n) is 46.1. The van der Waals surface area contributed by atoms with E-state index in [4.69, 9.17) is 0 Å². The molecule has 0 spiro atoms. The molecule has 0 unspecified atom stereocenters. The molecule has 0 N–H and O–H groups in total. The average Bonchev–Trinajstić information content (AvgIpc) is 0.681. The van der Waals surface area contributed by atoms with Gasteiger partial charge in [0.15, 0.2) is 0 Å². The van der Waals surface area contributed by atoms with Crippen LogP contribution in [0.5, 0.6) is 0 Å². The average molecular weight is 1720 g/mol. The van der Waals surface area contributed by atoms with Gasteiger partial charge in [0.05, 0.1) is 11.4 Å². The third kappa shape index (κ3) is 16.4. The minimum absolute atomic E-state index is 0.0207. The summed E-state index contributed by atoms with van der Waals surface area (Å²) in [6.07, 6.45) is 0. The largest absolute Gasteiger partial charge is 0.311 e. The quantitative estimate of drug-likeness (QED) is 0.101. The molecular weight excluding hydrogens is 1580 g/mol. The number of hydrogen-bond donors (Lipinski definition) is 0. The van der Waals surface area contributed by atoms with Gasteiger partial charge in [-0.15, -0.1) is 0 Å². The van der Waals surface area contributed by atoms with Crippen LogP contribution in [0.25, 0.3) is 22.3 Å². The molecule has 2 aliphatic carbocycles. The van der Waals surface area contributed by atoms with Crippen molar-refractivity contribution in [1.29, 1.82) is 0 Å². The highest BCUT2D eigenvalue weighted by molar-refractivity contribution is 7.00. The molecule has 4 nitrogen and oxygen atoms in total. The van der Waals surface area contributed by atoms with Crippen LogP contribution in [0.1, 0.15) is 318 Å². The molecule has 14 aromatic rings. The number of anilines is 12. The van der Waals surface area contributed by atoms with Gasteiger partial charge in [-0.05, 0) is 302 Å². The van der Waals surface area contributed by atoms with Crippen molar-refractivity contribution in [3.8, 4) is 22.3 Å². The van der Waals surface area contributed by atoms with Crippen molar-refractivity contribution < 1.29 is 0 Å². The fourth-order valence-electron chi connectivity index (χ4n) is 21.7. The molecule has 0 fully saturated rings. The monoisotopic (exact) mass is 1720 g/mol. The van der Waals surface area contributed by atoms with Crippen LogP contribution in [0.3, 0.4) is 0 Å². The molecular formula is C126H141BN4. The Labute approximate surface area is 787 Å². The summed E-state index contributed by atoms with van der Waals surface area (Å²) in [4.78, 5) is 10.3. The van der Waals surface area contributed by atoms with E-state index in [9.17, 15) is 0 Å². The molecule has 0 aromatic heterocycles. The summed E-state index contributed by atoms with van der Waals surface area (Å²) < 4.78 is 0. The number of nitrogens with zero attached hydrogens (tertiary/aromatic N) is 4. The molecule has 0 saturated carbocycles. The first-order valence-electron chi connectivity index (χ1n) is 48.6. The van der Waals surface area contributed by atoms with E-state index in [1.165, 1.54) is 173 Å². The number of aryl methyl sites for hydroxylation is 2. The Hall–Kier alpha value is -11.7. The zero-order chi connectivity index (χ0) is 93.8. The van der Waals surface area contributed by atoms with Gasteiger partial charge in [0.25, 0.3) is 6.71 Å². The molecule has 14 aromatic carbocycles. The minimum atomic E-state index is -0.212. The predicted molar refractivity (Wildman–Crippen MR) is 569 cm³/mol. The van der Waals surface area contributed by atoms with E-state index in [1.807, 2.05) is 0 Å². The maximum Gasteiger partial charge on any atom is 0.252 e. The summed E-state index contributed by atoms with van der Waals surface area (Å²) >= 11 is 0. The lowest BCUT2D eigenvalue weighted by Gasteiger charge is -2.48. The molecule has 131 heavy (non-hydrogen) atoms. The smallest absolute Gasteiger partial charge is 0.252 e. The summed E-state index contributed by atoms with van der Waals surface area (Å²) in [6, 6.07) is 111. The maximum absolute atomic E-state index is 2.68. The Morgan fingerprint density at radius 1 is 0.260 bits per heavy atom. The van der Waals surface area contributed by atoms with Crippen molar-refractivity contribution >= 4 is 91.3 Å². The summed E-state index contributed by atoms with van der Waals surface area (Å²) in [5.41, 5.74) is 47.0. The highest BCUT2D eigenvalue weighted by Crippen LogP contribution is 2.57. The Balaban J connectivity index is 0.000000183. The zero-order valence-electron chi connectivity index (χ0n) is 84.3. The van der Waals surface area contributed by atoms with Gasteiger partial charge in [-0.25, -0.2) is 0 Å². The normalized spacial score (nSPS) is 15.0. The molecule has 0 radical (unpaired) electrons. The third-order valence-electron chi connectivity index (χ3n) is 29.8. The van der Waals surface area contributed by atoms with Crippen molar-refractivity contribution in [3.05, 3.63) is 385 Å². The second kappa shape index (κ2) is 33.3. The maximum atomic E-state index is 2.68. The molecule has 5 heteroatoms. The number of hydrogen-bond acceptors (Lipinski definition) is 4. The Morgan fingerprint density at radius 3 is 1.15 bits per heavy atom. The molecule has 2 aliphatic heterocycles. The fourth-order valence-corrected chi connectivity index (χ4v) is 21.7. The van der Waals surface area contributed by atoms with Crippen LogP contribution in [0, 0.1) is 13.8 Å². The first-order valence-corrected chi connectivity index (χ1v) is 48.6. The third-order valence-corrected chi connectivity index (χ3v) is 29.8. The highest BCUT2D eigenvalue weighted by atomic mass is 15.2. The van der Waals surface area contributed by atoms with Gasteiger partial charge in [0.2, 0.25) is 0 Å². The van der Waals surface area contributed by atoms with E-state index in [0.717, 1.165) is 34.1 Å². The first kappa shape index (κ1) is 91.2. The zero-order valence-corrected chi connectivity index (χ0v) is 84.3. The first-order chi connectivity index (χ1) is 61.6. The van der Waals surface area contributed by atoms with Crippen molar-refractivity contribution in [3.63, 3.8) is 0 Å². The summed E-state index contributed by atoms with van der Waals surface area (Å²) in [6.45, 7) is 70.2. The topological polar surface area (TPSA) is 13.0 Å². The Bertz CT molecular complexity index is 6690. The van der Waals surface area contributed by atoms with Gasteiger partial charge >= 0.3 is 0 Å². The molecule has 0 amide bonds. The number of fused-ring (bicyclic) bond motifs is 8. The molecule has 0 atom stereocenters. The molecule has 18 rings (SSSR count). The van der Waals surface area contributed by atoms with E-state index in [-0.39, 0.29) is 50.0 Å². The van der Waals surface area contributed by atoms with Crippen molar-refractivity contribution in [1.82, 2.24) is 0 Å². The lowest BCUT2D eigenvalue weighted by Crippen LogP contribution is -2.62. The van der Waals surface area contributed by atoms with E-state index in [0.29, 0.717) is 23.7 Å². The van der Waals surface area contributed by atoms with Crippen LogP contribution in [0.4, 0.5) is 68.2 Å². The molecule has 0 bridgehead atoms.